The van der Waals surface area contributed by atoms with E-state index < -0.39 is 43.4 Å². The van der Waals surface area contributed by atoms with Crippen LogP contribution in [0.3, 0.4) is 0 Å². The van der Waals surface area contributed by atoms with Gasteiger partial charge in [0.15, 0.2) is 6.29 Å². The summed E-state index contributed by atoms with van der Waals surface area (Å²) in [5.41, 5.74) is 0. The van der Waals surface area contributed by atoms with E-state index in [1.165, 1.54) is 161 Å². The highest BCUT2D eigenvalue weighted by atomic mass is 16.7. The zero-order valence-electron chi connectivity index (χ0n) is 47.1. The van der Waals surface area contributed by atoms with Crippen LogP contribution in [0.2, 0.25) is 0 Å². The van der Waals surface area contributed by atoms with Crippen LogP contribution in [0, 0.1) is 0 Å². The highest BCUT2D eigenvalue weighted by Crippen LogP contribution is 2.23. The molecule has 0 aromatic rings. The molecule has 0 amide bonds. The highest BCUT2D eigenvalue weighted by molar-refractivity contribution is 5.69. The molecule has 1 saturated heterocycles. The highest BCUT2D eigenvalue weighted by Gasteiger charge is 2.44. The molecule has 73 heavy (non-hydrogen) atoms. The number of carbonyl (C=O) groups excluding carboxylic acids is 1. The topological polar surface area (TPSA) is 135 Å². The Bertz CT molecular complexity index is 1350. The number of allylic oxidation sites excluding steroid dienone is 12. The molecule has 0 aliphatic carbocycles. The first-order valence-corrected chi connectivity index (χ1v) is 30.5. The van der Waals surface area contributed by atoms with Crippen molar-refractivity contribution in [3.63, 3.8) is 0 Å². The second-order valence-electron chi connectivity index (χ2n) is 20.8. The zero-order valence-corrected chi connectivity index (χ0v) is 47.1. The van der Waals surface area contributed by atoms with Gasteiger partial charge in [0.25, 0.3) is 0 Å². The summed E-state index contributed by atoms with van der Waals surface area (Å²) in [7, 11) is 0. The Morgan fingerprint density at radius 2 is 0.836 bits per heavy atom. The third kappa shape index (κ3) is 44.5. The molecule has 0 aromatic carbocycles. The van der Waals surface area contributed by atoms with Crippen molar-refractivity contribution < 1.29 is 44.2 Å². The molecule has 4 N–H and O–H groups in total. The molecule has 0 spiro atoms. The van der Waals surface area contributed by atoms with Gasteiger partial charge in [0.1, 0.15) is 30.5 Å². The van der Waals surface area contributed by atoms with E-state index in [0.29, 0.717) is 13.0 Å². The van der Waals surface area contributed by atoms with E-state index in [1.807, 2.05) is 0 Å². The normalized spacial score (nSPS) is 19.1. The van der Waals surface area contributed by atoms with Crippen molar-refractivity contribution in [3.05, 3.63) is 72.9 Å². The van der Waals surface area contributed by atoms with E-state index in [4.69, 9.17) is 18.9 Å². The summed E-state index contributed by atoms with van der Waals surface area (Å²) in [6, 6.07) is 0. The van der Waals surface area contributed by atoms with Crippen LogP contribution in [-0.4, -0.2) is 89.6 Å². The molecule has 0 radical (unpaired) electrons. The third-order valence-electron chi connectivity index (χ3n) is 13.9. The van der Waals surface area contributed by atoms with Crippen LogP contribution in [0.1, 0.15) is 264 Å². The summed E-state index contributed by atoms with van der Waals surface area (Å²) in [4.78, 5) is 12.9. The van der Waals surface area contributed by atoms with Crippen molar-refractivity contribution in [2.24, 2.45) is 0 Å². The fourth-order valence-corrected chi connectivity index (χ4v) is 9.20. The maximum atomic E-state index is 12.9. The maximum absolute atomic E-state index is 12.9. The Labute approximate surface area is 448 Å². The van der Waals surface area contributed by atoms with Gasteiger partial charge in [0.2, 0.25) is 0 Å². The Morgan fingerprint density at radius 3 is 1.26 bits per heavy atom. The molecule has 1 aliphatic heterocycles. The lowest BCUT2D eigenvalue weighted by atomic mass is 9.99. The van der Waals surface area contributed by atoms with Crippen LogP contribution in [0.5, 0.6) is 0 Å². The van der Waals surface area contributed by atoms with Gasteiger partial charge in [-0.3, -0.25) is 4.79 Å². The summed E-state index contributed by atoms with van der Waals surface area (Å²) in [6.07, 6.45) is 66.7. The third-order valence-corrected chi connectivity index (χ3v) is 13.9. The molecule has 1 fully saturated rings. The van der Waals surface area contributed by atoms with Crippen molar-refractivity contribution in [2.45, 2.75) is 301 Å². The van der Waals surface area contributed by atoms with Crippen LogP contribution < -0.4 is 0 Å². The Hall–Kier alpha value is -2.37. The SMILES string of the molecule is CC/C=C\C/C=C\C/C=C\C/C=C\C/C=C\C/C=C\CCCCCCCCC(=O)OC(COCCCCCCCCCCCCCCCCCCCCCCCCCCC)COC1OC(CO)C(O)C(O)C1O. The molecular formula is C64H114O9. The monoisotopic (exact) mass is 1030 g/mol. The minimum absolute atomic E-state index is 0.120. The minimum atomic E-state index is -1.54. The van der Waals surface area contributed by atoms with Crippen molar-refractivity contribution in [2.75, 3.05) is 26.4 Å². The lowest BCUT2D eigenvalue weighted by Gasteiger charge is -2.39. The number of rotatable bonds is 53. The number of carbonyl (C=O) groups is 1. The van der Waals surface area contributed by atoms with E-state index in [0.717, 1.165) is 83.5 Å². The van der Waals surface area contributed by atoms with Crippen LogP contribution in [0.4, 0.5) is 0 Å². The Kier molecular flexibility index (Phi) is 51.2. The standard InChI is InChI=1S/C64H114O9/c1-3-5-7-9-11-13-15-17-19-21-23-25-27-29-31-33-35-37-39-41-43-45-47-49-51-53-60(66)72-58(57-71-64-63(69)62(68)61(67)59(55-65)73-64)56-70-54-52-50-48-46-44-42-40-38-36-34-32-30-28-26-24-22-20-18-16-14-12-10-8-6-4-2/h5,7,11,13,17,19,23,25,29,31,35,37,58-59,61-65,67-69H,3-4,6,8-10,12,14-16,18,20-22,24,26-28,30,32-34,36,38-57H2,1-2H3/b7-5-,13-11-,19-17-,25-23-,31-29-,37-35-. The lowest BCUT2D eigenvalue weighted by molar-refractivity contribution is -0.305. The number of hydrogen-bond donors (Lipinski definition) is 4. The van der Waals surface area contributed by atoms with Gasteiger partial charge < -0.3 is 39.4 Å². The summed E-state index contributed by atoms with van der Waals surface area (Å²) in [6.45, 7) is 4.47. The summed E-state index contributed by atoms with van der Waals surface area (Å²) >= 11 is 0. The molecule has 424 valence electrons. The van der Waals surface area contributed by atoms with Crippen molar-refractivity contribution in [3.8, 4) is 0 Å². The predicted molar refractivity (Wildman–Crippen MR) is 307 cm³/mol. The van der Waals surface area contributed by atoms with Gasteiger partial charge >= 0.3 is 5.97 Å². The fourth-order valence-electron chi connectivity index (χ4n) is 9.20. The van der Waals surface area contributed by atoms with Crippen molar-refractivity contribution >= 4 is 5.97 Å². The molecule has 9 heteroatoms. The summed E-state index contributed by atoms with van der Waals surface area (Å²) < 4.78 is 23.0. The number of aliphatic hydroxyl groups excluding tert-OH is 4. The van der Waals surface area contributed by atoms with Gasteiger partial charge in [0, 0.05) is 13.0 Å². The Morgan fingerprint density at radius 1 is 0.452 bits per heavy atom. The molecule has 9 nitrogen and oxygen atoms in total. The van der Waals surface area contributed by atoms with Crippen molar-refractivity contribution in [1.82, 2.24) is 0 Å². The van der Waals surface area contributed by atoms with Crippen LogP contribution in [0.25, 0.3) is 0 Å². The second kappa shape index (κ2) is 54.4. The van der Waals surface area contributed by atoms with Crippen LogP contribution >= 0.6 is 0 Å². The minimum Gasteiger partial charge on any atom is -0.457 e. The van der Waals surface area contributed by atoms with E-state index >= 15 is 0 Å². The van der Waals surface area contributed by atoms with Gasteiger partial charge in [-0.2, -0.15) is 0 Å². The molecule has 0 bridgehead atoms. The van der Waals surface area contributed by atoms with Crippen molar-refractivity contribution in [1.29, 1.82) is 0 Å². The number of aliphatic hydroxyl groups is 4. The molecule has 6 atom stereocenters. The molecule has 0 saturated carbocycles. The average molecular weight is 1030 g/mol. The smallest absolute Gasteiger partial charge is 0.306 e. The number of esters is 1. The van der Waals surface area contributed by atoms with Gasteiger partial charge in [-0.05, 0) is 64.2 Å². The predicted octanol–water partition coefficient (Wildman–Crippen LogP) is 16.3. The lowest BCUT2D eigenvalue weighted by Crippen LogP contribution is -2.59. The maximum Gasteiger partial charge on any atom is 0.306 e. The molecule has 0 aromatic heterocycles. The van der Waals surface area contributed by atoms with Crippen LogP contribution in [0.15, 0.2) is 72.9 Å². The first-order chi connectivity index (χ1) is 35.9. The number of unbranched alkanes of at least 4 members (excludes halogenated alkanes) is 30. The quantitative estimate of drug-likeness (QED) is 0.0267. The summed E-state index contributed by atoms with van der Waals surface area (Å²) in [5, 5.41) is 40.4. The number of ether oxygens (including phenoxy) is 4. The van der Waals surface area contributed by atoms with Gasteiger partial charge in [-0.25, -0.2) is 0 Å². The van der Waals surface area contributed by atoms with Gasteiger partial charge in [0.05, 0.1) is 19.8 Å². The first-order valence-electron chi connectivity index (χ1n) is 30.5. The van der Waals surface area contributed by atoms with Crippen LogP contribution in [-0.2, 0) is 23.7 Å². The molecule has 1 aliphatic rings. The fraction of sp³-hybridized carbons (Fsp3) is 0.797. The molecule has 1 heterocycles. The van der Waals surface area contributed by atoms with E-state index in [9.17, 15) is 25.2 Å². The molecular weight excluding hydrogens is 913 g/mol. The molecule has 1 rings (SSSR count). The average Bonchev–Trinajstić information content (AvgIpc) is 3.39. The van der Waals surface area contributed by atoms with Gasteiger partial charge in [-0.15, -0.1) is 0 Å². The first kappa shape index (κ1) is 68.6. The van der Waals surface area contributed by atoms with Gasteiger partial charge in [-0.1, -0.05) is 267 Å². The largest absolute Gasteiger partial charge is 0.457 e. The summed E-state index contributed by atoms with van der Waals surface area (Å²) in [5.74, 6) is -0.325. The Balaban J connectivity index is 2.15. The van der Waals surface area contributed by atoms with E-state index in [-0.39, 0.29) is 19.2 Å². The van der Waals surface area contributed by atoms with E-state index in [2.05, 4.69) is 86.8 Å². The second-order valence-corrected chi connectivity index (χ2v) is 20.8. The molecule has 6 unspecified atom stereocenters. The number of hydrogen-bond acceptors (Lipinski definition) is 9. The zero-order chi connectivity index (χ0) is 52.8. The van der Waals surface area contributed by atoms with E-state index in [1.54, 1.807) is 0 Å².